The fraction of sp³-hybridized carbons (Fsp3) is 0.600. The Morgan fingerprint density at radius 2 is 2.19 bits per heavy atom. The van der Waals surface area contributed by atoms with Crippen molar-refractivity contribution in [2.45, 2.75) is 38.4 Å². The van der Waals surface area contributed by atoms with E-state index in [1.165, 1.54) is 13.2 Å². The van der Waals surface area contributed by atoms with Crippen LogP contribution in [0.15, 0.2) is 12.1 Å². The van der Waals surface area contributed by atoms with Gasteiger partial charge in [-0.25, -0.2) is 0 Å². The molecule has 2 heterocycles. The molecule has 3 rings (SSSR count). The molecular formula is C15H19NO5. The third-order valence-electron chi connectivity index (χ3n) is 4.39. The number of nitrogens with zero attached hydrogens (tertiary/aromatic N) is 1. The molecule has 1 aromatic carbocycles. The lowest BCUT2D eigenvalue weighted by molar-refractivity contribution is -0.386. The highest BCUT2D eigenvalue weighted by molar-refractivity contribution is 5.58. The van der Waals surface area contributed by atoms with Gasteiger partial charge in [-0.05, 0) is 32.8 Å². The van der Waals surface area contributed by atoms with Crippen molar-refractivity contribution in [3.63, 3.8) is 0 Å². The van der Waals surface area contributed by atoms with E-state index in [0.717, 1.165) is 18.4 Å². The van der Waals surface area contributed by atoms with Gasteiger partial charge >= 0.3 is 5.69 Å². The van der Waals surface area contributed by atoms with Crippen molar-refractivity contribution in [1.29, 1.82) is 0 Å². The third kappa shape index (κ3) is 2.23. The van der Waals surface area contributed by atoms with Crippen LogP contribution in [-0.2, 0) is 4.74 Å². The van der Waals surface area contributed by atoms with Crippen LogP contribution in [0.1, 0.15) is 38.4 Å². The van der Waals surface area contributed by atoms with E-state index in [9.17, 15) is 10.1 Å². The molecule has 0 bridgehead atoms. The molecule has 6 heteroatoms. The first-order valence-electron chi connectivity index (χ1n) is 7.11. The van der Waals surface area contributed by atoms with Crippen molar-refractivity contribution < 1.29 is 19.1 Å². The number of hydrogen-bond acceptors (Lipinski definition) is 5. The van der Waals surface area contributed by atoms with E-state index in [1.807, 2.05) is 13.8 Å². The predicted molar refractivity (Wildman–Crippen MR) is 75.8 cm³/mol. The summed E-state index contributed by atoms with van der Waals surface area (Å²) in [6.07, 6.45) is 1.79. The van der Waals surface area contributed by atoms with Gasteiger partial charge in [0.1, 0.15) is 11.4 Å². The fourth-order valence-electron chi connectivity index (χ4n) is 3.32. The lowest BCUT2D eigenvalue weighted by Gasteiger charge is -2.46. The quantitative estimate of drug-likeness (QED) is 0.618. The molecule has 0 amide bonds. The van der Waals surface area contributed by atoms with Crippen LogP contribution in [0.2, 0.25) is 0 Å². The molecular weight excluding hydrogens is 274 g/mol. The average molecular weight is 293 g/mol. The molecule has 2 atom stereocenters. The number of fused-ring (bicyclic) bond motifs is 3. The van der Waals surface area contributed by atoms with Crippen LogP contribution < -0.4 is 9.47 Å². The Balaban J connectivity index is 2.18. The molecule has 21 heavy (non-hydrogen) atoms. The molecule has 2 aliphatic heterocycles. The number of ether oxygens (including phenoxy) is 3. The van der Waals surface area contributed by atoms with E-state index < -0.39 is 10.5 Å². The highest BCUT2D eigenvalue weighted by atomic mass is 16.6. The Labute approximate surface area is 123 Å². The summed E-state index contributed by atoms with van der Waals surface area (Å²) in [6, 6.07) is 3.19. The highest BCUT2D eigenvalue weighted by Gasteiger charge is 2.48. The summed E-state index contributed by atoms with van der Waals surface area (Å²) in [4.78, 5) is 10.9. The van der Waals surface area contributed by atoms with E-state index in [0.29, 0.717) is 18.1 Å². The molecule has 1 aromatic rings. The molecule has 0 saturated carbocycles. The standard InChI is InChI=1S/C15H19NO5/c1-15(2)11-5-4-6-20-13(11)10-7-9(19-3)8-12(16(17)18)14(10)21-15/h7-8,11,13H,4-6H2,1-3H3. The van der Waals surface area contributed by atoms with Gasteiger partial charge in [0, 0.05) is 18.1 Å². The minimum Gasteiger partial charge on any atom is -0.496 e. The van der Waals surface area contributed by atoms with Crippen molar-refractivity contribution >= 4 is 5.69 Å². The van der Waals surface area contributed by atoms with Crippen LogP contribution in [0, 0.1) is 16.0 Å². The van der Waals surface area contributed by atoms with Gasteiger partial charge in [-0.3, -0.25) is 10.1 Å². The lowest BCUT2D eigenvalue weighted by Crippen LogP contribution is -2.47. The molecule has 114 valence electrons. The van der Waals surface area contributed by atoms with Crippen molar-refractivity contribution in [2.24, 2.45) is 5.92 Å². The van der Waals surface area contributed by atoms with Gasteiger partial charge in [0.2, 0.25) is 5.75 Å². The van der Waals surface area contributed by atoms with Crippen LogP contribution in [-0.4, -0.2) is 24.2 Å². The molecule has 1 saturated heterocycles. The summed E-state index contributed by atoms with van der Waals surface area (Å²) in [7, 11) is 1.50. The molecule has 0 spiro atoms. The molecule has 0 N–H and O–H groups in total. The summed E-state index contributed by atoms with van der Waals surface area (Å²) < 4.78 is 17.1. The summed E-state index contributed by atoms with van der Waals surface area (Å²) in [5.74, 6) is 0.955. The van der Waals surface area contributed by atoms with Crippen molar-refractivity contribution in [1.82, 2.24) is 0 Å². The Morgan fingerprint density at radius 3 is 2.86 bits per heavy atom. The first kappa shape index (κ1) is 14.1. The summed E-state index contributed by atoms with van der Waals surface area (Å²) in [6.45, 7) is 4.61. The lowest BCUT2D eigenvalue weighted by atomic mass is 9.76. The van der Waals surface area contributed by atoms with Crippen LogP contribution >= 0.6 is 0 Å². The van der Waals surface area contributed by atoms with E-state index >= 15 is 0 Å². The smallest absolute Gasteiger partial charge is 0.315 e. The van der Waals surface area contributed by atoms with E-state index in [1.54, 1.807) is 6.07 Å². The third-order valence-corrected chi connectivity index (χ3v) is 4.39. The number of nitro benzene ring substituents is 1. The maximum Gasteiger partial charge on any atom is 0.315 e. The van der Waals surface area contributed by atoms with Crippen LogP contribution in [0.3, 0.4) is 0 Å². The second-order valence-electron chi connectivity index (χ2n) is 6.07. The van der Waals surface area contributed by atoms with Gasteiger partial charge in [0.15, 0.2) is 0 Å². The Kier molecular flexibility index (Phi) is 3.28. The number of nitro groups is 1. The van der Waals surface area contributed by atoms with Gasteiger partial charge in [0.25, 0.3) is 0 Å². The monoisotopic (exact) mass is 293 g/mol. The van der Waals surface area contributed by atoms with Crippen LogP contribution in [0.4, 0.5) is 5.69 Å². The van der Waals surface area contributed by atoms with E-state index in [2.05, 4.69) is 0 Å². The zero-order valence-corrected chi connectivity index (χ0v) is 12.4. The maximum atomic E-state index is 11.3. The highest BCUT2D eigenvalue weighted by Crippen LogP contribution is 2.53. The first-order chi connectivity index (χ1) is 9.94. The number of methoxy groups -OCH3 is 1. The van der Waals surface area contributed by atoms with Crippen molar-refractivity contribution in [3.8, 4) is 11.5 Å². The zero-order valence-electron chi connectivity index (χ0n) is 12.4. The fourth-order valence-corrected chi connectivity index (χ4v) is 3.32. The summed E-state index contributed by atoms with van der Waals surface area (Å²) in [5, 5.41) is 11.3. The van der Waals surface area contributed by atoms with Crippen molar-refractivity contribution in [3.05, 3.63) is 27.8 Å². The molecule has 0 aliphatic carbocycles. The number of hydrogen-bond donors (Lipinski definition) is 0. The summed E-state index contributed by atoms with van der Waals surface area (Å²) >= 11 is 0. The normalized spacial score (nSPS) is 26.2. The van der Waals surface area contributed by atoms with Crippen molar-refractivity contribution in [2.75, 3.05) is 13.7 Å². The summed E-state index contributed by atoms with van der Waals surface area (Å²) in [5.41, 5.74) is 0.173. The molecule has 6 nitrogen and oxygen atoms in total. The Hall–Kier alpha value is -1.82. The topological polar surface area (TPSA) is 70.8 Å². The van der Waals surface area contributed by atoms with Gasteiger partial charge in [-0.15, -0.1) is 0 Å². The predicted octanol–water partition coefficient (Wildman–Crippen LogP) is 3.24. The first-order valence-corrected chi connectivity index (χ1v) is 7.11. The van der Waals surface area contributed by atoms with Gasteiger partial charge < -0.3 is 14.2 Å². The molecule has 1 fully saturated rings. The van der Waals surface area contributed by atoms with Crippen LogP contribution in [0.5, 0.6) is 11.5 Å². The molecule has 0 aromatic heterocycles. The van der Waals surface area contributed by atoms with E-state index in [4.69, 9.17) is 14.2 Å². The van der Waals surface area contributed by atoms with Gasteiger partial charge in [-0.1, -0.05) is 0 Å². The zero-order chi connectivity index (χ0) is 15.2. The van der Waals surface area contributed by atoms with Gasteiger partial charge in [-0.2, -0.15) is 0 Å². The van der Waals surface area contributed by atoms with Crippen LogP contribution in [0.25, 0.3) is 0 Å². The van der Waals surface area contributed by atoms with E-state index in [-0.39, 0.29) is 17.7 Å². The minimum atomic E-state index is -0.489. The molecule has 2 unspecified atom stereocenters. The van der Waals surface area contributed by atoms with Gasteiger partial charge in [0.05, 0.1) is 24.2 Å². The largest absolute Gasteiger partial charge is 0.496 e. The minimum absolute atomic E-state index is 0.0648. The number of rotatable bonds is 2. The second kappa shape index (κ2) is 4.87. The maximum absolute atomic E-state index is 11.3. The Morgan fingerprint density at radius 1 is 1.43 bits per heavy atom. The average Bonchev–Trinajstić information content (AvgIpc) is 2.46. The second-order valence-corrected chi connectivity index (χ2v) is 6.07. The molecule has 2 aliphatic rings. The molecule has 0 radical (unpaired) electrons. The number of benzene rings is 1. The Bertz CT molecular complexity index is 584. The SMILES string of the molecule is COc1cc2c(c([N+](=O)[O-])c1)OC(C)(C)C1CCCOC21.